The van der Waals surface area contributed by atoms with Crippen LogP contribution < -0.4 is 0 Å². The fourth-order valence-corrected chi connectivity index (χ4v) is 10.1. The van der Waals surface area contributed by atoms with Crippen molar-refractivity contribution >= 4 is 29.8 Å². The van der Waals surface area contributed by atoms with Crippen molar-refractivity contribution in [2.75, 3.05) is 6.61 Å². The number of fused-ring (bicyclic) bond motifs is 4. The van der Waals surface area contributed by atoms with Crippen LogP contribution >= 0.6 is 0 Å². The van der Waals surface area contributed by atoms with E-state index in [1.165, 1.54) is 27.7 Å². The summed E-state index contributed by atoms with van der Waals surface area (Å²) in [6, 6.07) is 24.3. The molecule has 2 saturated carbocycles. The van der Waals surface area contributed by atoms with E-state index in [4.69, 9.17) is 28.4 Å². The maximum atomic E-state index is 14.5. The molecule has 3 aromatic carbocycles. The summed E-state index contributed by atoms with van der Waals surface area (Å²) in [5.41, 5.74) is -6.30. The van der Waals surface area contributed by atoms with Gasteiger partial charge in [-0.25, -0.2) is 14.4 Å². The molecule has 0 spiro atoms. The van der Waals surface area contributed by atoms with E-state index in [-0.39, 0.29) is 41.7 Å². The summed E-state index contributed by atoms with van der Waals surface area (Å²) >= 11 is 0. The molecule has 7 rings (SSSR count). The molecule has 10 atom stereocenters. The van der Waals surface area contributed by atoms with Crippen LogP contribution in [0.4, 0.5) is 0 Å². The molecule has 1 aliphatic heterocycles. The molecule has 2 N–H and O–H groups in total. The van der Waals surface area contributed by atoms with Crippen molar-refractivity contribution in [1.82, 2.24) is 0 Å². The summed E-state index contributed by atoms with van der Waals surface area (Å²) < 4.78 is 38.0. The zero-order valence-electron chi connectivity index (χ0n) is 33.2. The number of benzene rings is 3. The van der Waals surface area contributed by atoms with Crippen LogP contribution in [0.5, 0.6) is 0 Å². The lowest BCUT2D eigenvalue weighted by Gasteiger charge is -2.65. The topological polar surface area (TPSA) is 181 Å². The number of aliphatic hydroxyl groups excluding tert-OH is 1. The van der Waals surface area contributed by atoms with Crippen molar-refractivity contribution in [1.29, 1.82) is 0 Å². The number of hydrogen-bond donors (Lipinski definition) is 2. The van der Waals surface area contributed by atoms with Crippen LogP contribution in [0, 0.1) is 16.7 Å². The van der Waals surface area contributed by atoms with Gasteiger partial charge in [0.15, 0.2) is 17.8 Å². The molecule has 0 amide bonds. The molecule has 3 fully saturated rings. The van der Waals surface area contributed by atoms with Crippen LogP contribution in [-0.2, 0) is 38.0 Å². The van der Waals surface area contributed by atoms with Crippen molar-refractivity contribution in [3.05, 3.63) is 119 Å². The van der Waals surface area contributed by atoms with Crippen molar-refractivity contribution < 1.29 is 62.6 Å². The Balaban J connectivity index is 1.59. The first-order valence-corrected chi connectivity index (χ1v) is 19.3. The highest BCUT2D eigenvalue weighted by atomic mass is 16.6. The first kappa shape index (κ1) is 40.8. The predicted molar refractivity (Wildman–Crippen MR) is 205 cm³/mol. The van der Waals surface area contributed by atoms with Gasteiger partial charge in [0.25, 0.3) is 0 Å². The van der Waals surface area contributed by atoms with Gasteiger partial charge in [0.1, 0.15) is 18.3 Å². The molecule has 1 heterocycles. The second-order valence-electron chi connectivity index (χ2n) is 16.4. The number of hydrogen-bond acceptors (Lipinski definition) is 13. The SMILES string of the molecule is CC(=O)O[C@H]1C[C@]2(C(C)(C)O)C(=C1C)[C@@H](OC(=O)c1ccccc1)[C@H](OC(=O)c1ccccc1)[C@@]1(C)C(C2OC(=O)c2ccccc2)[C@]2(OC(C)=O)CO[C@@H]2C[C@@H]1O. The van der Waals surface area contributed by atoms with Gasteiger partial charge < -0.3 is 38.6 Å². The number of rotatable bonds is 9. The van der Waals surface area contributed by atoms with E-state index in [9.17, 15) is 34.2 Å². The molecule has 3 aromatic rings. The molecular formula is C45H48O13. The molecule has 0 radical (unpaired) electrons. The Labute approximate surface area is 336 Å². The third kappa shape index (κ3) is 6.58. The fraction of sp³-hybridized carbons (Fsp3) is 0.444. The molecule has 13 heteroatoms. The second kappa shape index (κ2) is 15.1. The van der Waals surface area contributed by atoms with E-state index < -0.39 is 94.4 Å². The average Bonchev–Trinajstić information content (AvgIpc) is 3.44. The maximum absolute atomic E-state index is 14.5. The van der Waals surface area contributed by atoms with Gasteiger partial charge >= 0.3 is 29.8 Å². The molecule has 1 saturated heterocycles. The lowest BCUT2D eigenvalue weighted by molar-refractivity contribution is -0.350. The summed E-state index contributed by atoms with van der Waals surface area (Å²) in [4.78, 5) is 69.3. The van der Waals surface area contributed by atoms with E-state index in [2.05, 4.69) is 0 Å². The fourth-order valence-electron chi connectivity index (χ4n) is 10.1. The van der Waals surface area contributed by atoms with Crippen molar-refractivity contribution in [2.45, 2.75) is 102 Å². The van der Waals surface area contributed by atoms with E-state index in [0.717, 1.165) is 0 Å². The molecule has 0 aromatic heterocycles. The number of esters is 5. The van der Waals surface area contributed by atoms with Crippen LogP contribution in [0.3, 0.4) is 0 Å². The summed E-state index contributed by atoms with van der Waals surface area (Å²) in [5.74, 6) is -5.19. The highest BCUT2D eigenvalue weighted by molar-refractivity contribution is 5.91. The van der Waals surface area contributed by atoms with Crippen LogP contribution in [0.2, 0.25) is 0 Å². The van der Waals surface area contributed by atoms with E-state index in [1.807, 2.05) is 0 Å². The summed E-state index contributed by atoms with van der Waals surface area (Å²) in [6.07, 6.45) is -8.60. The second-order valence-corrected chi connectivity index (χ2v) is 16.4. The number of aliphatic hydroxyl groups is 2. The molecule has 2 unspecified atom stereocenters. The van der Waals surface area contributed by atoms with Crippen LogP contribution in [0.1, 0.15) is 85.5 Å². The zero-order chi connectivity index (χ0) is 41.8. The quantitative estimate of drug-likeness (QED) is 0.165. The van der Waals surface area contributed by atoms with Gasteiger partial charge in [0.05, 0.1) is 46.3 Å². The van der Waals surface area contributed by atoms with Crippen LogP contribution in [0.15, 0.2) is 102 Å². The zero-order valence-corrected chi connectivity index (χ0v) is 33.2. The van der Waals surface area contributed by atoms with Gasteiger partial charge in [0.2, 0.25) is 0 Å². The highest BCUT2D eigenvalue weighted by Crippen LogP contribution is 2.69. The third-order valence-electron chi connectivity index (χ3n) is 12.7. The molecule has 306 valence electrons. The van der Waals surface area contributed by atoms with Crippen molar-refractivity contribution in [2.24, 2.45) is 16.7 Å². The van der Waals surface area contributed by atoms with Gasteiger partial charge in [-0.05, 0) is 68.3 Å². The van der Waals surface area contributed by atoms with Gasteiger partial charge in [-0.1, -0.05) is 61.5 Å². The number of ether oxygens (including phenoxy) is 6. The van der Waals surface area contributed by atoms with Crippen molar-refractivity contribution in [3.63, 3.8) is 0 Å². The minimum absolute atomic E-state index is 0.123. The molecular weight excluding hydrogens is 748 g/mol. The lowest BCUT2D eigenvalue weighted by atomic mass is 9.49. The lowest BCUT2D eigenvalue weighted by Crippen LogP contribution is -2.79. The summed E-state index contributed by atoms with van der Waals surface area (Å²) in [7, 11) is 0. The Hall–Kier alpha value is -5.37. The first-order chi connectivity index (χ1) is 27.5. The minimum atomic E-state index is -1.93. The molecule has 13 nitrogen and oxygen atoms in total. The monoisotopic (exact) mass is 796 g/mol. The first-order valence-electron chi connectivity index (χ1n) is 19.3. The standard InChI is InChI=1S/C45H48O13/c1-25-31(54-26(2)46)23-44(42(4,5)52)34(25)35(55-39(49)28-16-10-7-11-17-28)37(56-40(50)29-18-12-8-13-19-29)43(6)32(48)22-33-45(24-53-33,58-27(3)47)36(43)38(44)57-41(51)30-20-14-9-15-21-30/h7-21,31-33,35-38,48,52H,22-24H2,1-6H3/t31-,32-,33+,35+,36?,37-,38?,43+,44-,45-/m0/s1. The molecule has 4 aliphatic rings. The van der Waals surface area contributed by atoms with Gasteiger partial charge in [-0.15, -0.1) is 0 Å². The van der Waals surface area contributed by atoms with Crippen LogP contribution in [0.25, 0.3) is 0 Å². The molecule has 58 heavy (non-hydrogen) atoms. The van der Waals surface area contributed by atoms with Crippen LogP contribution in [-0.4, -0.2) is 94.5 Å². The maximum Gasteiger partial charge on any atom is 0.338 e. The normalized spacial score (nSPS) is 32.5. The minimum Gasteiger partial charge on any atom is -0.458 e. The Kier molecular flexibility index (Phi) is 10.6. The average molecular weight is 797 g/mol. The summed E-state index contributed by atoms with van der Waals surface area (Å²) in [5, 5.41) is 25.4. The van der Waals surface area contributed by atoms with Gasteiger partial charge in [-0.2, -0.15) is 0 Å². The Morgan fingerprint density at radius 3 is 1.64 bits per heavy atom. The highest BCUT2D eigenvalue weighted by Gasteiger charge is 2.80. The molecule has 0 bridgehead atoms. The third-order valence-corrected chi connectivity index (χ3v) is 12.7. The predicted octanol–water partition coefficient (Wildman–Crippen LogP) is 5.17. The Bertz CT molecular complexity index is 2110. The summed E-state index contributed by atoms with van der Waals surface area (Å²) in [6.45, 7) is 8.50. The molecule has 3 aliphatic carbocycles. The number of carbonyl (C=O) groups is 5. The Morgan fingerprint density at radius 1 is 0.724 bits per heavy atom. The van der Waals surface area contributed by atoms with Gasteiger partial charge in [-0.3, -0.25) is 9.59 Å². The Morgan fingerprint density at radius 2 is 1.21 bits per heavy atom. The number of carbonyl (C=O) groups excluding carboxylic acids is 5. The smallest absolute Gasteiger partial charge is 0.338 e. The van der Waals surface area contributed by atoms with Gasteiger partial charge in [0, 0.05) is 32.1 Å². The largest absolute Gasteiger partial charge is 0.458 e. The van der Waals surface area contributed by atoms with E-state index in [0.29, 0.717) is 5.57 Å². The van der Waals surface area contributed by atoms with E-state index >= 15 is 0 Å². The van der Waals surface area contributed by atoms with E-state index in [1.54, 1.807) is 105 Å². The van der Waals surface area contributed by atoms with Crippen molar-refractivity contribution in [3.8, 4) is 0 Å².